The molecule has 8 heteroatoms. The molecule has 1 amide bonds. The molecule has 0 unspecified atom stereocenters. The lowest BCUT2D eigenvalue weighted by Gasteiger charge is -2.06. The number of aryl methyl sites for hydroxylation is 1. The highest BCUT2D eigenvalue weighted by molar-refractivity contribution is 9.10. The topological polar surface area (TPSA) is 46.9 Å². The maximum absolute atomic E-state index is 12.8. The summed E-state index contributed by atoms with van der Waals surface area (Å²) >= 11 is 2.79. The van der Waals surface area contributed by atoms with Gasteiger partial charge in [0.2, 0.25) is 0 Å². The Morgan fingerprint density at radius 3 is 2.40 bits per heavy atom. The monoisotopic (exact) mass is 347 g/mol. The third-order valence-corrected chi connectivity index (χ3v) is 3.26. The van der Waals surface area contributed by atoms with Crippen LogP contribution >= 0.6 is 15.9 Å². The van der Waals surface area contributed by atoms with Crippen LogP contribution in [0.4, 0.5) is 18.9 Å². The Labute approximate surface area is 120 Å². The predicted molar refractivity (Wildman–Crippen MR) is 70.3 cm³/mol. The predicted octanol–water partition coefficient (Wildman–Crippen LogP) is 3.45. The number of hydrogen-bond donors (Lipinski definition) is 1. The zero-order valence-electron chi connectivity index (χ0n) is 10.2. The number of carbonyl (C=O) groups is 1. The molecule has 1 N–H and O–H groups in total. The summed E-state index contributed by atoms with van der Waals surface area (Å²) in [5, 5.41) is 6.09. The van der Waals surface area contributed by atoms with Gasteiger partial charge in [-0.1, -0.05) is 18.2 Å². The maximum atomic E-state index is 12.8. The van der Waals surface area contributed by atoms with Gasteiger partial charge in [0.05, 0.1) is 4.47 Å². The Hall–Kier alpha value is -1.83. The molecule has 0 atom stereocenters. The van der Waals surface area contributed by atoms with Crippen LogP contribution in [0.5, 0.6) is 0 Å². The van der Waals surface area contributed by atoms with E-state index in [0.717, 1.165) is 7.05 Å². The van der Waals surface area contributed by atoms with E-state index >= 15 is 0 Å². The van der Waals surface area contributed by atoms with Gasteiger partial charge in [-0.15, -0.1) is 0 Å². The fourth-order valence-electron chi connectivity index (χ4n) is 1.66. The van der Waals surface area contributed by atoms with Crippen LogP contribution in [-0.2, 0) is 13.2 Å². The van der Waals surface area contributed by atoms with E-state index in [0.29, 0.717) is 10.4 Å². The molecule has 2 rings (SSSR count). The third-order valence-electron chi connectivity index (χ3n) is 2.50. The first kappa shape index (κ1) is 14.6. The maximum Gasteiger partial charge on any atom is 0.434 e. The number of nitrogens with one attached hydrogen (secondary N) is 1. The molecule has 0 saturated carbocycles. The van der Waals surface area contributed by atoms with Crippen LogP contribution in [0, 0.1) is 0 Å². The fraction of sp³-hybridized carbons (Fsp3) is 0.167. The number of para-hydroxylation sites is 1. The summed E-state index contributed by atoms with van der Waals surface area (Å²) in [6.07, 6.45) is -4.59. The second-order valence-corrected chi connectivity index (χ2v) is 4.75. The van der Waals surface area contributed by atoms with Crippen molar-refractivity contribution in [2.75, 3.05) is 5.32 Å². The van der Waals surface area contributed by atoms with Crippen LogP contribution in [0.2, 0.25) is 0 Å². The number of hydrogen-bond acceptors (Lipinski definition) is 2. The molecule has 0 aliphatic heterocycles. The van der Waals surface area contributed by atoms with Gasteiger partial charge in [-0.3, -0.25) is 9.48 Å². The van der Waals surface area contributed by atoms with Crippen molar-refractivity contribution in [1.29, 1.82) is 0 Å². The van der Waals surface area contributed by atoms with Crippen molar-refractivity contribution in [3.63, 3.8) is 0 Å². The van der Waals surface area contributed by atoms with Crippen LogP contribution in [0.3, 0.4) is 0 Å². The number of nitrogens with zero attached hydrogens (tertiary/aromatic N) is 2. The van der Waals surface area contributed by atoms with Gasteiger partial charge in [0.15, 0.2) is 11.4 Å². The van der Waals surface area contributed by atoms with Gasteiger partial charge >= 0.3 is 6.18 Å². The van der Waals surface area contributed by atoms with E-state index in [4.69, 9.17) is 0 Å². The summed E-state index contributed by atoms with van der Waals surface area (Å²) in [4.78, 5) is 11.9. The number of alkyl halides is 3. The summed E-state index contributed by atoms with van der Waals surface area (Å²) in [6.45, 7) is 0. The number of amides is 1. The number of anilines is 1. The molecule has 0 saturated heterocycles. The lowest BCUT2D eigenvalue weighted by Crippen LogP contribution is -2.13. The minimum atomic E-state index is -4.59. The lowest BCUT2D eigenvalue weighted by atomic mass is 10.3. The number of benzene rings is 1. The fourth-order valence-corrected chi connectivity index (χ4v) is 2.40. The van der Waals surface area contributed by atoms with Crippen molar-refractivity contribution in [3.05, 3.63) is 46.2 Å². The standard InChI is InChI=1S/C12H9BrF3N3O/c1-19-10(12(14,15)16)8(13)9(18-19)11(20)17-7-5-3-2-4-6-7/h2-6H,1H3,(H,17,20). The van der Waals surface area contributed by atoms with Gasteiger partial charge in [0.25, 0.3) is 5.91 Å². The first-order valence-electron chi connectivity index (χ1n) is 5.47. The highest BCUT2D eigenvalue weighted by Gasteiger charge is 2.39. The molecule has 4 nitrogen and oxygen atoms in total. The van der Waals surface area contributed by atoms with Crippen molar-refractivity contribution >= 4 is 27.5 Å². The largest absolute Gasteiger partial charge is 0.434 e. The summed E-state index contributed by atoms with van der Waals surface area (Å²) in [7, 11) is 1.13. The number of rotatable bonds is 2. The molecule has 1 heterocycles. The lowest BCUT2D eigenvalue weighted by molar-refractivity contribution is -0.144. The van der Waals surface area contributed by atoms with E-state index in [1.54, 1.807) is 30.3 Å². The van der Waals surface area contributed by atoms with Crippen molar-refractivity contribution in [3.8, 4) is 0 Å². The zero-order chi connectivity index (χ0) is 14.9. The Morgan fingerprint density at radius 2 is 1.90 bits per heavy atom. The summed E-state index contributed by atoms with van der Waals surface area (Å²) in [5.74, 6) is -0.714. The molecule has 0 spiro atoms. The molecule has 2 aromatic rings. The smallest absolute Gasteiger partial charge is 0.321 e. The molecule has 20 heavy (non-hydrogen) atoms. The zero-order valence-corrected chi connectivity index (χ0v) is 11.8. The van der Waals surface area contributed by atoms with Crippen molar-refractivity contribution in [2.45, 2.75) is 6.18 Å². The van der Waals surface area contributed by atoms with E-state index in [-0.39, 0.29) is 10.2 Å². The second kappa shape index (κ2) is 5.28. The first-order chi connectivity index (χ1) is 9.30. The van der Waals surface area contributed by atoms with Gasteiger partial charge in [0.1, 0.15) is 0 Å². The number of aromatic nitrogens is 2. The second-order valence-electron chi connectivity index (χ2n) is 3.95. The number of halogens is 4. The average Bonchev–Trinajstić information content (AvgIpc) is 2.65. The highest BCUT2D eigenvalue weighted by Crippen LogP contribution is 2.36. The summed E-state index contributed by atoms with van der Waals surface area (Å²) < 4.78 is 38.6. The van der Waals surface area contributed by atoms with Gasteiger partial charge in [-0.2, -0.15) is 18.3 Å². The van der Waals surface area contributed by atoms with E-state index in [1.165, 1.54) is 0 Å². The van der Waals surface area contributed by atoms with E-state index in [1.807, 2.05) is 0 Å². The molecule has 0 aliphatic rings. The van der Waals surface area contributed by atoms with Gasteiger partial charge in [-0.05, 0) is 28.1 Å². The average molecular weight is 348 g/mol. The van der Waals surface area contributed by atoms with Gasteiger partial charge < -0.3 is 5.32 Å². The van der Waals surface area contributed by atoms with E-state index in [2.05, 4.69) is 26.3 Å². The Bertz CT molecular complexity index is 637. The molecule has 0 fully saturated rings. The van der Waals surface area contributed by atoms with Crippen LogP contribution in [0.25, 0.3) is 0 Å². The minimum Gasteiger partial charge on any atom is -0.321 e. The molecular formula is C12H9BrF3N3O. The quantitative estimate of drug-likeness (QED) is 0.904. The molecule has 0 aliphatic carbocycles. The molecule has 1 aromatic carbocycles. The molecule has 0 radical (unpaired) electrons. The third kappa shape index (κ3) is 2.84. The van der Waals surface area contributed by atoms with E-state index < -0.39 is 17.8 Å². The van der Waals surface area contributed by atoms with E-state index in [9.17, 15) is 18.0 Å². The Morgan fingerprint density at radius 1 is 1.30 bits per heavy atom. The summed E-state index contributed by atoms with van der Waals surface area (Å²) in [5.41, 5.74) is -0.844. The van der Waals surface area contributed by atoms with Crippen molar-refractivity contribution < 1.29 is 18.0 Å². The van der Waals surface area contributed by atoms with Gasteiger partial charge in [-0.25, -0.2) is 0 Å². The number of carbonyl (C=O) groups excluding carboxylic acids is 1. The summed E-state index contributed by atoms with van der Waals surface area (Å²) in [6, 6.07) is 8.40. The molecule has 106 valence electrons. The molecule has 1 aromatic heterocycles. The first-order valence-corrected chi connectivity index (χ1v) is 6.26. The van der Waals surface area contributed by atoms with Crippen LogP contribution in [0.15, 0.2) is 34.8 Å². The molecule has 0 bridgehead atoms. The SMILES string of the molecule is Cn1nc(C(=O)Nc2ccccc2)c(Br)c1C(F)(F)F. The van der Waals surface area contributed by atoms with Crippen molar-refractivity contribution in [2.24, 2.45) is 7.05 Å². The van der Waals surface area contributed by atoms with Crippen LogP contribution in [0.1, 0.15) is 16.2 Å². The molecular weight excluding hydrogens is 339 g/mol. The Kier molecular flexibility index (Phi) is 3.85. The van der Waals surface area contributed by atoms with Gasteiger partial charge in [0, 0.05) is 12.7 Å². The minimum absolute atomic E-state index is 0.316. The Balaban J connectivity index is 2.33. The van der Waals surface area contributed by atoms with Crippen LogP contribution < -0.4 is 5.32 Å². The highest BCUT2D eigenvalue weighted by atomic mass is 79.9. The normalized spacial score (nSPS) is 11.4. The van der Waals surface area contributed by atoms with Crippen molar-refractivity contribution in [1.82, 2.24) is 9.78 Å². The van der Waals surface area contributed by atoms with Crippen LogP contribution in [-0.4, -0.2) is 15.7 Å².